The van der Waals surface area contributed by atoms with Gasteiger partial charge in [-0.1, -0.05) is 39.7 Å². The number of hydrogen-bond acceptors (Lipinski definition) is 1. The molecule has 3 heteroatoms. The Morgan fingerprint density at radius 1 is 1.29 bits per heavy atom. The Morgan fingerprint density at radius 3 is 2.76 bits per heavy atom. The lowest BCUT2D eigenvalue weighted by Crippen LogP contribution is -1.97. The fourth-order valence-electron chi connectivity index (χ4n) is 1.77. The first-order valence-corrected chi connectivity index (χ1v) is 6.75. The molecule has 2 rings (SSSR count). The minimum absolute atomic E-state index is 0.245. The van der Waals surface area contributed by atoms with E-state index in [1.54, 1.807) is 0 Å². The molecule has 1 atom stereocenters. The third-order valence-electron chi connectivity index (χ3n) is 2.54. The van der Waals surface area contributed by atoms with Crippen LogP contribution in [0.4, 0.5) is 0 Å². The van der Waals surface area contributed by atoms with E-state index in [0.717, 1.165) is 17.1 Å². The van der Waals surface area contributed by atoms with E-state index in [1.807, 2.05) is 36.5 Å². The highest BCUT2D eigenvalue weighted by Gasteiger charge is 2.10. The summed E-state index contributed by atoms with van der Waals surface area (Å²) in [5.41, 5.74) is 3.45. The topological polar surface area (TPSA) is 12.9 Å². The molecule has 2 aromatic rings. The summed E-state index contributed by atoms with van der Waals surface area (Å²) in [6.45, 7) is 2.05. The average Bonchev–Trinajstić information content (AvgIpc) is 2.29. The molecule has 0 aliphatic heterocycles. The predicted octanol–water partition coefficient (Wildman–Crippen LogP) is 4.72. The molecule has 88 valence electrons. The third kappa shape index (κ3) is 3.55. The lowest BCUT2D eigenvalue weighted by Gasteiger charge is -2.11. The number of rotatable bonds is 3. The molecule has 0 saturated carbocycles. The summed E-state index contributed by atoms with van der Waals surface area (Å²) in [4.78, 5) is 4.57. The fraction of sp³-hybridized carbons (Fsp3) is 0.214. The van der Waals surface area contributed by atoms with Gasteiger partial charge in [0.25, 0.3) is 0 Å². The maximum Gasteiger partial charge on any atom is 0.0451 e. The summed E-state index contributed by atoms with van der Waals surface area (Å²) in [6, 6.07) is 12.1. The fourth-order valence-corrected chi connectivity index (χ4v) is 2.66. The van der Waals surface area contributed by atoms with E-state index in [2.05, 4.69) is 33.9 Å². The van der Waals surface area contributed by atoms with Crippen LogP contribution in [0, 0.1) is 6.92 Å². The van der Waals surface area contributed by atoms with Gasteiger partial charge in [-0.05, 0) is 42.3 Å². The number of nitrogens with zero attached hydrogens (tertiary/aromatic N) is 1. The molecule has 0 saturated heterocycles. The van der Waals surface area contributed by atoms with Crippen molar-refractivity contribution in [1.82, 2.24) is 4.98 Å². The second kappa shape index (κ2) is 5.65. The highest BCUT2D eigenvalue weighted by molar-refractivity contribution is 9.09. The van der Waals surface area contributed by atoms with Gasteiger partial charge in [0, 0.05) is 28.2 Å². The molecule has 1 aromatic heterocycles. The highest BCUT2D eigenvalue weighted by Crippen LogP contribution is 2.29. The number of halogens is 2. The molecule has 0 spiro atoms. The first-order valence-electron chi connectivity index (χ1n) is 5.46. The van der Waals surface area contributed by atoms with Gasteiger partial charge in [0.2, 0.25) is 0 Å². The Balaban J connectivity index is 2.17. The van der Waals surface area contributed by atoms with Crippen molar-refractivity contribution in [3.05, 3.63) is 64.4 Å². The van der Waals surface area contributed by atoms with Crippen molar-refractivity contribution < 1.29 is 0 Å². The second-order valence-corrected chi connectivity index (χ2v) is 5.60. The zero-order valence-electron chi connectivity index (χ0n) is 9.53. The summed E-state index contributed by atoms with van der Waals surface area (Å²) in [6.07, 6.45) is 2.68. The van der Waals surface area contributed by atoms with Crippen molar-refractivity contribution in [2.45, 2.75) is 18.2 Å². The van der Waals surface area contributed by atoms with Gasteiger partial charge in [0.15, 0.2) is 0 Å². The minimum atomic E-state index is 0.245. The van der Waals surface area contributed by atoms with Gasteiger partial charge in [0.05, 0.1) is 0 Å². The lowest BCUT2D eigenvalue weighted by atomic mass is 10.1. The number of hydrogen-bond donors (Lipinski definition) is 0. The van der Waals surface area contributed by atoms with E-state index in [9.17, 15) is 0 Å². The molecule has 0 amide bonds. The number of aryl methyl sites for hydroxylation is 1. The maximum atomic E-state index is 6.06. The van der Waals surface area contributed by atoms with Crippen LogP contribution >= 0.6 is 27.5 Å². The molecule has 1 nitrogen and oxygen atoms in total. The Hall–Kier alpha value is -0.860. The third-order valence-corrected chi connectivity index (χ3v) is 3.61. The molecular formula is C14H13BrClN. The van der Waals surface area contributed by atoms with E-state index in [4.69, 9.17) is 11.6 Å². The molecule has 0 radical (unpaired) electrons. The molecule has 0 aliphatic carbocycles. The van der Waals surface area contributed by atoms with Gasteiger partial charge in [0.1, 0.15) is 0 Å². The largest absolute Gasteiger partial charge is 0.261 e. The summed E-state index contributed by atoms with van der Waals surface area (Å²) < 4.78 is 0. The molecule has 1 heterocycles. The summed E-state index contributed by atoms with van der Waals surface area (Å²) in [7, 11) is 0. The normalized spacial score (nSPS) is 12.4. The molecule has 0 aliphatic rings. The van der Waals surface area contributed by atoms with Crippen LogP contribution in [-0.4, -0.2) is 4.98 Å². The number of benzene rings is 1. The molecule has 0 fully saturated rings. The first kappa shape index (κ1) is 12.6. The van der Waals surface area contributed by atoms with Crippen LogP contribution in [0.15, 0.2) is 42.6 Å². The van der Waals surface area contributed by atoms with Crippen molar-refractivity contribution in [2.24, 2.45) is 0 Å². The van der Waals surface area contributed by atoms with Crippen LogP contribution in [0.25, 0.3) is 0 Å². The van der Waals surface area contributed by atoms with Crippen molar-refractivity contribution in [2.75, 3.05) is 0 Å². The van der Waals surface area contributed by atoms with Crippen LogP contribution in [0.5, 0.6) is 0 Å². The van der Waals surface area contributed by atoms with Gasteiger partial charge in [-0.2, -0.15) is 0 Å². The van der Waals surface area contributed by atoms with Crippen LogP contribution in [-0.2, 0) is 6.42 Å². The van der Waals surface area contributed by atoms with E-state index in [0.29, 0.717) is 0 Å². The summed E-state index contributed by atoms with van der Waals surface area (Å²) in [5.74, 6) is 0. The van der Waals surface area contributed by atoms with Crippen molar-refractivity contribution in [3.8, 4) is 0 Å². The van der Waals surface area contributed by atoms with Gasteiger partial charge in [-0.25, -0.2) is 0 Å². The minimum Gasteiger partial charge on any atom is -0.261 e. The van der Waals surface area contributed by atoms with Crippen molar-refractivity contribution >= 4 is 27.5 Å². The molecule has 0 bridgehead atoms. The van der Waals surface area contributed by atoms with E-state index < -0.39 is 0 Å². The maximum absolute atomic E-state index is 6.06. The van der Waals surface area contributed by atoms with E-state index in [1.165, 1.54) is 11.1 Å². The van der Waals surface area contributed by atoms with Crippen molar-refractivity contribution in [3.63, 3.8) is 0 Å². The smallest absolute Gasteiger partial charge is 0.0451 e. The summed E-state index contributed by atoms with van der Waals surface area (Å²) >= 11 is 9.75. The molecule has 1 aromatic carbocycles. The highest BCUT2D eigenvalue weighted by atomic mass is 79.9. The van der Waals surface area contributed by atoms with Gasteiger partial charge >= 0.3 is 0 Å². The van der Waals surface area contributed by atoms with Gasteiger partial charge in [-0.15, -0.1) is 0 Å². The quantitative estimate of drug-likeness (QED) is 0.747. The van der Waals surface area contributed by atoms with Crippen LogP contribution < -0.4 is 0 Å². The summed E-state index contributed by atoms with van der Waals surface area (Å²) in [5, 5.41) is 0.783. The standard InChI is InChI=1S/C14H13BrClN/c1-10-6-11(8-12(16)7-10)14(15)9-13-4-2-3-5-17-13/h2-8,14H,9H2,1H3. The Labute approximate surface area is 115 Å². The molecular weight excluding hydrogens is 298 g/mol. The Kier molecular flexibility index (Phi) is 4.19. The SMILES string of the molecule is Cc1cc(Cl)cc(C(Br)Cc2ccccn2)c1. The van der Waals surface area contributed by atoms with Crippen LogP contribution in [0.1, 0.15) is 21.6 Å². The van der Waals surface area contributed by atoms with E-state index in [-0.39, 0.29) is 4.83 Å². The molecule has 0 N–H and O–H groups in total. The van der Waals surface area contributed by atoms with E-state index >= 15 is 0 Å². The predicted molar refractivity (Wildman–Crippen MR) is 75.8 cm³/mol. The van der Waals surface area contributed by atoms with Crippen LogP contribution in [0.2, 0.25) is 5.02 Å². The Bertz CT molecular complexity index is 479. The average molecular weight is 311 g/mol. The van der Waals surface area contributed by atoms with Crippen molar-refractivity contribution in [1.29, 1.82) is 0 Å². The van der Waals surface area contributed by atoms with Gasteiger partial charge < -0.3 is 0 Å². The van der Waals surface area contributed by atoms with Gasteiger partial charge in [-0.3, -0.25) is 4.98 Å². The first-order chi connectivity index (χ1) is 8.15. The zero-order chi connectivity index (χ0) is 12.3. The lowest BCUT2D eigenvalue weighted by molar-refractivity contribution is 0.903. The zero-order valence-corrected chi connectivity index (χ0v) is 11.9. The molecule has 17 heavy (non-hydrogen) atoms. The number of aromatic nitrogens is 1. The number of pyridine rings is 1. The second-order valence-electron chi connectivity index (χ2n) is 4.05. The Morgan fingerprint density at radius 2 is 2.12 bits per heavy atom. The monoisotopic (exact) mass is 309 g/mol. The van der Waals surface area contributed by atoms with Crippen LogP contribution in [0.3, 0.4) is 0 Å². The number of alkyl halides is 1. The molecule has 1 unspecified atom stereocenters.